The second-order valence-corrected chi connectivity index (χ2v) is 6.57. The topological polar surface area (TPSA) is 66.4 Å². The van der Waals surface area contributed by atoms with Crippen LogP contribution in [-0.4, -0.2) is 22.5 Å². The molecule has 0 radical (unpaired) electrons. The highest BCUT2D eigenvalue weighted by Gasteiger charge is 2.40. The molecule has 1 aromatic rings. The predicted molar refractivity (Wildman–Crippen MR) is 84.4 cm³/mol. The molecule has 5 heteroatoms. The Balaban J connectivity index is 2.21. The molecule has 1 saturated carbocycles. The third-order valence-corrected chi connectivity index (χ3v) is 5.03. The molecule has 0 atom stereocenters. The van der Waals surface area contributed by atoms with Crippen molar-refractivity contribution in [2.45, 2.75) is 51.0 Å². The van der Waals surface area contributed by atoms with Gasteiger partial charge in [0.25, 0.3) is 5.91 Å². The molecule has 21 heavy (non-hydrogen) atoms. The van der Waals surface area contributed by atoms with Crippen molar-refractivity contribution in [2.24, 2.45) is 0 Å². The minimum atomic E-state index is -1.12. The fourth-order valence-corrected chi connectivity index (χ4v) is 3.05. The van der Waals surface area contributed by atoms with Crippen LogP contribution < -0.4 is 5.32 Å². The average Bonchev–Trinajstić information content (AvgIpc) is 2.68. The number of carbonyl (C=O) groups is 2. The van der Waals surface area contributed by atoms with Crippen LogP contribution in [-0.2, 0) is 4.79 Å². The molecule has 1 aromatic carbocycles. The van der Waals surface area contributed by atoms with Crippen LogP contribution in [0.5, 0.6) is 0 Å². The second kappa shape index (κ2) is 6.60. The number of nitrogens with one attached hydrogen (secondary N) is 1. The zero-order valence-corrected chi connectivity index (χ0v) is 13.7. The fourth-order valence-electron chi connectivity index (χ4n) is 2.80. The maximum Gasteiger partial charge on any atom is 0.329 e. The number of rotatable bonds is 3. The van der Waals surface area contributed by atoms with Gasteiger partial charge in [-0.3, -0.25) is 4.79 Å². The molecule has 2 N–H and O–H groups in total. The van der Waals surface area contributed by atoms with Gasteiger partial charge in [-0.1, -0.05) is 41.6 Å². The van der Waals surface area contributed by atoms with E-state index in [-0.39, 0.29) is 5.91 Å². The van der Waals surface area contributed by atoms with Crippen molar-refractivity contribution in [3.63, 3.8) is 0 Å². The third-order valence-electron chi connectivity index (χ3n) is 4.14. The average molecular weight is 354 g/mol. The van der Waals surface area contributed by atoms with E-state index < -0.39 is 11.5 Å². The normalized spacial score (nSPS) is 17.8. The van der Waals surface area contributed by atoms with Crippen LogP contribution in [0, 0.1) is 6.92 Å². The maximum atomic E-state index is 12.4. The minimum absolute atomic E-state index is 0.310. The van der Waals surface area contributed by atoms with Crippen molar-refractivity contribution in [2.75, 3.05) is 0 Å². The number of benzene rings is 1. The molecule has 1 aliphatic carbocycles. The lowest BCUT2D eigenvalue weighted by atomic mass is 9.89. The van der Waals surface area contributed by atoms with Gasteiger partial charge in [-0.25, -0.2) is 4.79 Å². The van der Waals surface area contributed by atoms with Crippen molar-refractivity contribution in [3.8, 4) is 0 Å². The highest BCUT2D eigenvalue weighted by Crippen LogP contribution is 2.28. The summed E-state index contributed by atoms with van der Waals surface area (Å²) in [4.78, 5) is 24.1. The van der Waals surface area contributed by atoms with Crippen LogP contribution in [0.25, 0.3) is 0 Å². The van der Waals surface area contributed by atoms with E-state index >= 15 is 0 Å². The second-order valence-electron chi connectivity index (χ2n) is 5.72. The van der Waals surface area contributed by atoms with Crippen LogP contribution in [0.3, 0.4) is 0 Å². The highest BCUT2D eigenvalue weighted by atomic mass is 79.9. The van der Waals surface area contributed by atoms with Crippen LogP contribution in [0.1, 0.15) is 54.4 Å². The Labute approximate surface area is 133 Å². The molecule has 0 aliphatic heterocycles. The van der Waals surface area contributed by atoms with E-state index in [1.807, 2.05) is 13.0 Å². The van der Waals surface area contributed by atoms with Crippen molar-refractivity contribution in [3.05, 3.63) is 33.8 Å². The highest BCUT2D eigenvalue weighted by molar-refractivity contribution is 9.10. The van der Waals surface area contributed by atoms with Gasteiger partial charge in [0.15, 0.2) is 0 Å². The molecular weight excluding hydrogens is 334 g/mol. The van der Waals surface area contributed by atoms with E-state index in [1.165, 1.54) is 0 Å². The van der Waals surface area contributed by atoms with Gasteiger partial charge in [-0.15, -0.1) is 0 Å². The zero-order valence-electron chi connectivity index (χ0n) is 12.1. The summed E-state index contributed by atoms with van der Waals surface area (Å²) in [5, 5.41) is 12.4. The SMILES string of the molecule is Cc1cc(C(=O)NC2(C(=O)O)CCCCCC2)ccc1Br. The minimum Gasteiger partial charge on any atom is -0.480 e. The zero-order chi connectivity index (χ0) is 15.5. The van der Waals surface area contributed by atoms with E-state index in [0.29, 0.717) is 18.4 Å². The Hall–Kier alpha value is -1.36. The van der Waals surface area contributed by atoms with Gasteiger partial charge in [0.2, 0.25) is 0 Å². The molecule has 0 saturated heterocycles. The molecule has 114 valence electrons. The number of amides is 1. The Morgan fingerprint density at radius 3 is 2.33 bits per heavy atom. The van der Waals surface area contributed by atoms with Crippen molar-refractivity contribution >= 4 is 27.8 Å². The molecule has 0 bridgehead atoms. The van der Waals surface area contributed by atoms with Gasteiger partial charge in [-0.05, 0) is 43.5 Å². The maximum absolute atomic E-state index is 12.4. The Bertz CT molecular complexity index is 548. The number of hydrogen-bond donors (Lipinski definition) is 2. The Morgan fingerprint density at radius 2 is 1.81 bits per heavy atom. The smallest absolute Gasteiger partial charge is 0.329 e. The lowest BCUT2D eigenvalue weighted by Crippen LogP contribution is -2.54. The number of aryl methyl sites for hydroxylation is 1. The van der Waals surface area contributed by atoms with Crippen LogP contribution >= 0.6 is 15.9 Å². The molecule has 1 amide bonds. The first-order chi connectivity index (χ1) is 9.94. The van der Waals surface area contributed by atoms with E-state index in [2.05, 4.69) is 21.2 Å². The first kappa shape index (κ1) is 16.0. The van der Waals surface area contributed by atoms with Crippen molar-refractivity contribution in [1.82, 2.24) is 5.32 Å². The number of carboxylic acids is 1. The van der Waals surface area contributed by atoms with Gasteiger partial charge < -0.3 is 10.4 Å². The number of hydrogen-bond acceptors (Lipinski definition) is 2. The third kappa shape index (κ3) is 3.64. The predicted octanol–water partition coefficient (Wildman–Crippen LogP) is 3.66. The number of aliphatic carboxylic acids is 1. The van der Waals surface area contributed by atoms with Gasteiger partial charge in [0.1, 0.15) is 5.54 Å². The van der Waals surface area contributed by atoms with E-state index in [9.17, 15) is 14.7 Å². The summed E-state index contributed by atoms with van der Waals surface area (Å²) in [6, 6.07) is 5.29. The van der Waals surface area contributed by atoms with Gasteiger partial charge >= 0.3 is 5.97 Å². The van der Waals surface area contributed by atoms with E-state index in [4.69, 9.17) is 0 Å². The molecule has 1 aliphatic rings. The molecule has 2 rings (SSSR count). The largest absolute Gasteiger partial charge is 0.480 e. The number of carbonyl (C=O) groups excluding carboxylic acids is 1. The summed E-state index contributed by atoms with van der Waals surface area (Å²) < 4.78 is 0.932. The molecule has 0 aromatic heterocycles. The lowest BCUT2D eigenvalue weighted by molar-refractivity contribution is -0.145. The van der Waals surface area contributed by atoms with Crippen LogP contribution in [0.15, 0.2) is 22.7 Å². The fraction of sp³-hybridized carbons (Fsp3) is 0.500. The molecule has 0 spiro atoms. The summed E-state index contributed by atoms with van der Waals surface area (Å²) in [5.74, 6) is -1.23. The summed E-state index contributed by atoms with van der Waals surface area (Å²) in [6.07, 6.45) is 4.75. The van der Waals surface area contributed by atoms with E-state index in [0.717, 1.165) is 35.7 Å². The van der Waals surface area contributed by atoms with Crippen LogP contribution in [0.2, 0.25) is 0 Å². The standard InChI is InChI=1S/C16H20BrNO3/c1-11-10-12(6-7-13(11)17)14(19)18-16(15(20)21)8-4-2-3-5-9-16/h6-7,10H,2-5,8-9H2,1H3,(H,18,19)(H,20,21). The Morgan fingerprint density at radius 1 is 1.19 bits per heavy atom. The van der Waals surface area contributed by atoms with Crippen molar-refractivity contribution < 1.29 is 14.7 Å². The first-order valence-corrected chi connectivity index (χ1v) is 8.06. The Kier molecular flexibility index (Phi) is 5.04. The molecular formula is C16H20BrNO3. The van der Waals surface area contributed by atoms with E-state index in [1.54, 1.807) is 12.1 Å². The summed E-state index contributed by atoms with van der Waals surface area (Å²) in [5.41, 5.74) is 0.336. The monoisotopic (exact) mass is 353 g/mol. The molecule has 4 nitrogen and oxygen atoms in total. The number of halogens is 1. The molecule has 1 fully saturated rings. The quantitative estimate of drug-likeness (QED) is 0.814. The first-order valence-electron chi connectivity index (χ1n) is 7.27. The van der Waals surface area contributed by atoms with Crippen LogP contribution in [0.4, 0.5) is 0 Å². The van der Waals surface area contributed by atoms with Crippen molar-refractivity contribution in [1.29, 1.82) is 0 Å². The molecule has 0 heterocycles. The summed E-state index contributed by atoms with van der Waals surface area (Å²) in [7, 11) is 0. The van der Waals surface area contributed by atoms with Gasteiger partial charge in [0, 0.05) is 10.0 Å². The molecule has 0 unspecified atom stereocenters. The number of carboxylic acid groups (broad SMARTS) is 1. The lowest BCUT2D eigenvalue weighted by Gasteiger charge is -2.29. The van der Waals surface area contributed by atoms with Gasteiger partial charge in [-0.2, -0.15) is 0 Å². The summed E-state index contributed by atoms with van der Waals surface area (Å²) >= 11 is 3.40. The van der Waals surface area contributed by atoms with Gasteiger partial charge in [0.05, 0.1) is 0 Å². The summed E-state index contributed by atoms with van der Waals surface area (Å²) in [6.45, 7) is 1.90.